The zero-order chi connectivity index (χ0) is 21.1. The molecule has 9 heteroatoms. The van der Waals surface area contributed by atoms with E-state index in [1.165, 1.54) is 0 Å². The number of amides is 2. The molecule has 0 aliphatic carbocycles. The quantitative estimate of drug-likeness (QED) is 0.660. The summed E-state index contributed by atoms with van der Waals surface area (Å²) in [6.45, 7) is 5.65. The smallest absolute Gasteiger partial charge is 0.287 e. The Morgan fingerprint density at radius 2 is 2.00 bits per heavy atom. The molecule has 1 aromatic carbocycles. The van der Waals surface area contributed by atoms with Crippen molar-refractivity contribution < 1.29 is 23.3 Å². The average molecular weight is 412 g/mol. The van der Waals surface area contributed by atoms with Crippen molar-refractivity contribution in [1.29, 1.82) is 0 Å². The summed E-state index contributed by atoms with van der Waals surface area (Å²) in [5, 5.41) is 7.50. The van der Waals surface area contributed by atoms with Gasteiger partial charge >= 0.3 is 0 Å². The van der Waals surface area contributed by atoms with Gasteiger partial charge in [-0.15, -0.1) is 0 Å². The first-order chi connectivity index (χ1) is 14.5. The third-order valence-electron chi connectivity index (χ3n) is 5.17. The monoisotopic (exact) mass is 412 g/mol. The molecule has 158 valence electrons. The number of aromatic nitrogens is 1. The molecule has 0 radical (unpaired) electrons. The van der Waals surface area contributed by atoms with Gasteiger partial charge in [-0.25, -0.2) is 0 Å². The summed E-state index contributed by atoms with van der Waals surface area (Å²) in [5.74, 6) is 1.10. The molecule has 1 N–H and O–H groups in total. The second-order valence-electron chi connectivity index (χ2n) is 7.20. The zero-order valence-corrected chi connectivity index (χ0v) is 17.0. The number of hydrogen-bond donors (Lipinski definition) is 1. The van der Waals surface area contributed by atoms with E-state index in [0.717, 1.165) is 18.5 Å². The third-order valence-corrected chi connectivity index (χ3v) is 5.17. The van der Waals surface area contributed by atoms with Crippen molar-refractivity contribution >= 4 is 22.8 Å². The van der Waals surface area contributed by atoms with Crippen molar-refractivity contribution in [3.63, 3.8) is 0 Å². The first-order valence-corrected chi connectivity index (χ1v) is 9.85. The number of nitrogens with one attached hydrogen (secondary N) is 1. The van der Waals surface area contributed by atoms with E-state index in [4.69, 9.17) is 13.7 Å². The molecule has 0 saturated carbocycles. The Balaban J connectivity index is 1.24. The number of fused-ring (bicyclic) bond motifs is 1. The predicted molar refractivity (Wildman–Crippen MR) is 109 cm³/mol. The lowest BCUT2D eigenvalue weighted by Crippen LogP contribution is -2.50. The number of benzene rings is 1. The van der Waals surface area contributed by atoms with Crippen molar-refractivity contribution in [2.75, 3.05) is 46.4 Å². The number of carbonyl (C=O) groups is 2. The molecule has 1 aliphatic rings. The highest BCUT2D eigenvalue weighted by atomic mass is 16.5. The van der Waals surface area contributed by atoms with Gasteiger partial charge in [0.05, 0.1) is 7.11 Å². The standard InChI is InChI=1S/C21H24N4O5/c1-14-12-16(23-30-14)21(27)25-10-8-24(9-11-25)7-6-22-20(26)18-13-15-4-3-5-17(28-2)19(15)29-18/h3-5,12-13H,6-11H2,1-2H3,(H,22,26). The number of rotatable bonds is 6. The van der Waals surface area contributed by atoms with E-state index in [2.05, 4.69) is 15.4 Å². The van der Waals surface area contributed by atoms with Crippen LogP contribution in [0, 0.1) is 6.92 Å². The number of piperazine rings is 1. The fourth-order valence-electron chi connectivity index (χ4n) is 3.53. The van der Waals surface area contributed by atoms with E-state index in [0.29, 0.717) is 49.0 Å². The molecule has 0 unspecified atom stereocenters. The SMILES string of the molecule is COc1cccc2cc(C(=O)NCCN3CCN(C(=O)c4cc(C)on4)CC3)oc12. The van der Waals surface area contributed by atoms with E-state index in [1.54, 1.807) is 37.1 Å². The van der Waals surface area contributed by atoms with Crippen LogP contribution in [0.4, 0.5) is 0 Å². The minimum Gasteiger partial charge on any atom is -0.493 e. The lowest BCUT2D eigenvalue weighted by Gasteiger charge is -2.34. The van der Waals surface area contributed by atoms with Gasteiger partial charge in [0, 0.05) is 50.7 Å². The highest BCUT2D eigenvalue weighted by molar-refractivity contribution is 5.97. The highest BCUT2D eigenvalue weighted by Crippen LogP contribution is 2.28. The number of methoxy groups -OCH3 is 1. The van der Waals surface area contributed by atoms with Crippen LogP contribution in [0.15, 0.2) is 39.3 Å². The van der Waals surface area contributed by atoms with Crippen molar-refractivity contribution in [2.24, 2.45) is 0 Å². The minimum atomic E-state index is -0.261. The molecule has 3 aromatic rings. The van der Waals surface area contributed by atoms with Gasteiger partial charge in [0.15, 0.2) is 22.8 Å². The maximum absolute atomic E-state index is 12.4. The van der Waals surface area contributed by atoms with Crippen LogP contribution in [0.3, 0.4) is 0 Å². The first kappa shape index (κ1) is 20.0. The lowest BCUT2D eigenvalue weighted by atomic mass is 10.2. The van der Waals surface area contributed by atoms with Crippen molar-refractivity contribution in [3.05, 3.63) is 47.5 Å². The summed E-state index contributed by atoms with van der Waals surface area (Å²) in [5.41, 5.74) is 0.906. The Kier molecular flexibility index (Phi) is 5.71. The fourth-order valence-corrected chi connectivity index (χ4v) is 3.53. The highest BCUT2D eigenvalue weighted by Gasteiger charge is 2.24. The molecule has 2 aromatic heterocycles. The van der Waals surface area contributed by atoms with Crippen LogP contribution in [-0.2, 0) is 0 Å². The first-order valence-electron chi connectivity index (χ1n) is 9.85. The molecule has 1 aliphatic heterocycles. The summed E-state index contributed by atoms with van der Waals surface area (Å²) in [7, 11) is 1.57. The van der Waals surface area contributed by atoms with Crippen molar-refractivity contribution in [1.82, 2.24) is 20.3 Å². The van der Waals surface area contributed by atoms with Gasteiger partial charge in [-0.1, -0.05) is 17.3 Å². The van der Waals surface area contributed by atoms with Crippen LogP contribution < -0.4 is 10.1 Å². The van der Waals surface area contributed by atoms with Gasteiger partial charge in [-0.05, 0) is 19.1 Å². The summed E-state index contributed by atoms with van der Waals surface area (Å²) < 4.78 is 15.9. The molecule has 4 rings (SSSR count). The molecule has 9 nitrogen and oxygen atoms in total. The average Bonchev–Trinajstić information content (AvgIpc) is 3.40. The van der Waals surface area contributed by atoms with E-state index < -0.39 is 0 Å². The topological polar surface area (TPSA) is 101 Å². The van der Waals surface area contributed by atoms with Crippen LogP contribution in [0.1, 0.15) is 26.8 Å². The van der Waals surface area contributed by atoms with Crippen LogP contribution >= 0.6 is 0 Å². The molecule has 1 saturated heterocycles. The van der Waals surface area contributed by atoms with Crippen LogP contribution in [0.2, 0.25) is 0 Å². The number of carbonyl (C=O) groups excluding carboxylic acids is 2. The largest absolute Gasteiger partial charge is 0.493 e. The van der Waals surface area contributed by atoms with Crippen LogP contribution in [0.25, 0.3) is 11.0 Å². The van der Waals surface area contributed by atoms with Gasteiger partial charge in [0.25, 0.3) is 11.8 Å². The number of ether oxygens (including phenoxy) is 1. The number of hydrogen-bond acceptors (Lipinski definition) is 7. The number of nitrogens with zero attached hydrogens (tertiary/aromatic N) is 3. The second kappa shape index (κ2) is 8.58. The Morgan fingerprint density at radius 1 is 1.20 bits per heavy atom. The Labute approximate surface area is 173 Å². The zero-order valence-electron chi connectivity index (χ0n) is 17.0. The molecule has 0 bridgehead atoms. The van der Waals surface area contributed by atoms with Gasteiger partial charge in [0.1, 0.15) is 5.76 Å². The molecule has 2 amide bonds. The van der Waals surface area contributed by atoms with Gasteiger partial charge < -0.3 is 23.9 Å². The lowest BCUT2D eigenvalue weighted by molar-refractivity contribution is 0.0627. The molecule has 0 atom stereocenters. The summed E-state index contributed by atoms with van der Waals surface area (Å²) in [6, 6.07) is 8.88. The molecule has 0 spiro atoms. The van der Waals surface area contributed by atoms with E-state index in [9.17, 15) is 9.59 Å². The molecular weight excluding hydrogens is 388 g/mol. The third kappa shape index (κ3) is 4.16. The minimum absolute atomic E-state index is 0.111. The second-order valence-corrected chi connectivity index (χ2v) is 7.20. The van der Waals surface area contributed by atoms with E-state index in [-0.39, 0.29) is 17.6 Å². The van der Waals surface area contributed by atoms with Crippen molar-refractivity contribution in [3.8, 4) is 5.75 Å². The molecular formula is C21H24N4O5. The van der Waals surface area contributed by atoms with E-state index in [1.807, 2.05) is 12.1 Å². The summed E-state index contributed by atoms with van der Waals surface area (Å²) in [4.78, 5) is 28.8. The summed E-state index contributed by atoms with van der Waals surface area (Å²) >= 11 is 0. The van der Waals surface area contributed by atoms with Gasteiger partial charge in [-0.2, -0.15) is 0 Å². The van der Waals surface area contributed by atoms with Crippen molar-refractivity contribution in [2.45, 2.75) is 6.92 Å². The number of para-hydroxylation sites is 1. The van der Waals surface area contributed by atoms with Crippen LogP contribution in [0.5, 0.6) is 5.75 Å². The maximum Gasteiger partial charge on any atom is 0.287 e. The van der Waals surface area contributed by atoms with E-state index >= 15 is 0 Å². The normalized spacial score (nSPS) is 14.8. The Hall–Kier alpha value is -3.33. The number of furan rings is 1. The predicted octanol–water partition coefficient (Wildman–Crippen LogP) is 1.93. The van der Waals surface area contributed by atoms with Gasteiger partial charge in [-0.3, -0.25) is 14.5 Å². The molecule has 3 heterocycles. The molecule has 30 heavy (non-hydrogen) atoms. The summed E-state index contributed by atoms with van der Waals surface area (Å²) in [6.07, 6.45) is 0. The van der Waals surface area contributed by atoms with Gasteiger partial charge in [0.2, 0.25) is 0 Å². The number of aryl methyl sites for hydroxylation is 1. The maximum atomic E-state index is 12.4. The molecule has 1 fully saturated rings. The fraction of sp³-hybridized carbons (Fsp3) is 0.381. The Morgan fingerprint density at radius 3 is 2.70 bits per heavy atom. The van der Waals surface area contributed by atoms with Crippen LogP contribution in [-0.4, -0.2) is 73.1 Å². The Bertz CT molecular complexity index is 1050.